The Kier molecular flexibility index (Phi) is 6.03. The van der Waals surface area contributed by atoms with E-state index in [0.717, 1.165) is 52.3 Å². The summed E-state index contributed by atoms with van der Waals surface area (Å²) in [5.41, 5.74) is 5.16. The lowest BCUT2D eigenvalue weighted by molar-refractivity contribution is -0.605. The third-order valence-corrected chi connectivity index (χ3v) is 7.21. The number of anilines is 2. The topological polar surface area (TPSA) is 94.6 Å². The van der Waals surface area contributed by atoms with E-state index in [0.29, 0.717) is 36.5 Å². The summed E-state index contributed by atoms with van der Waals surface area (Å²) in [4.78, 5) is 29.9. The van der Waals surface area contributed by atoms with E-state index in [1.165, 1.54) is 12.4 Å². The number of hydrogen-bond donors (Lipinski definition) is 0. The molecule has 9 heteroatoms. The number of methoxy groups -OCH3 is 1. The van der Waals surface area contributed by atoms with Gasteiger partial charge in [-0.1, -0.05) is 0 Å². The summed E-state index contributed by atoms with van der Waals surface area (Å²) in [5, 5.41) is 16.5. The number of hydrogen-bond acceptors (Lipinski definition) is 5. The van der Waals surface area contributed by atoms with Crippen LogP contribution in [0.15, 0.2) is 73.1 Å². The van der Waals surface area contributed by atoms with Crippen molar-refractivity contribution < 1.29 is 19.1 Å². The number of aromatic nitrogens is 3. The van der Waals surface area contributed by atoms with Gasteiger partial charge >= 0.3 is 0 Å². The Morgan fingerprint density at radius 1 is 0.816 bits per heavy atom. The predicted octanol–water partition coefficient (Wildman–Crippen LogP) is 3.90. The summed E-state index contributed by atoms with van der Waals surface area (Å²) >= 11 is 0. The number of pyridine rings is 1. The van der Waals surface area contributed by atoms with Crippen molar-refractivity contribution in [2.75, 3.05) is 30.0 Å². The van der Waals surface area contributed by atoms with Crippen molar-refractivity contribution in [3.8, 4) is 22.7 Å². The molecule has 0 unspecified atom stereocenters. The van der Waals surface area contributed by atoms with Gasteiger partial charge in [0.2, 0.25) is 5.91 Å². The second kappa shape index (κ2) is 9.66. The molecule has 38 heavy (non-hydrogen) atoms. The zero-order chi connectivity index (χ0) is 26.2. The Morgan fingerprint density at radius 3 is 2.13 bits per heavy atom. The average molecular weight is 510 g/mol. The molecule has 0 radical (unpaired) electrons. The minimum absolute atomic E-state index is 0.141. The standard InChI is InChI=1S/C29H27N5O4/c1-38-24-11-9-23(10-12-24)34-28-25(27(30-34)20-13-17-31(37)18-14-20)15-19-33(29(28)36)22-7-5-21(6-8-22)32-16-3-2-4-26(32)35/h5-14,17-18H,2-4,15-16,19H2,1H3. The van der Waals surface area contributed by atoms with Crippen molar-refractivity contribution in [1.82, 2.24) is 9.78 Å². The number of piperidine rings is 1. The zero-order valence-electron chi connectivity index (χ0n) is 21.0. The minimum atomic E-state index is -0.155. The van der Waals surface area contributed by atoms with E-state index in [-0.39, 0.29) is 11.8 Å². The van der Waals surface area contributed by atoms with Gasteiger partial charge in [0.25, 0.3) is 5.91 Å². The number of carbonyl (C=O) groups is 2. The normalized spacial score (nSPS) is 15.5. The fraction of sp³-hybridized carbons (Fsp3) is 0.241. The molecule has 192 valence electrons. The van der Waals surface area contributed by atoms with Gasteiger partial charge in [0.1, 0.15) is 11.4 Å². The molecule has 2 aliphatic rings. The largest absolute Gasteiger partial charge is 0.619 e. The van der Waals surface area contributed by atoms with Gasteiger partial charge in [-0.25, -0.2) is 4.68 Å². The summed E-state index contributed by atoms with van der Waals surface area (Å²) in [5.74, 6) is 0.692. The van der Waals surface area contributed by atoms with Crippen LogP contribution in [0.3, 0.4) is 0 Å². The molecule has 1 saturated heterocycles. The monoisotopic (exact) mass is 509 g/mol. The first-order valence-electron chi connectivity index (χ1n) is 12.7. The van der Waals surface area contributed by atoms with Crippen molar-refractivity contribution in [3.63, 3.8) is 0 Å². The molecule has 0 bridgehead atoms. The van der Waals surface area contributed by atoms with E-state index in [4.69, 9.17) is 9.84 Å². The molecule has 0 aliphatic carbocycles. The van der Waals surface area contributed by atoms with Crippen molar-refractivity contribution in [1.29, 1.82) is 0 Å². The molecule has 2 aromatic carbocycles. The van der Waals surface area contributed by atoms with E-state index in [1.54, 1.807) is 28.8 Å². The molecule has 2 amide bonds. The second-order valence-electron chi connectivity index (χ2n) is 9.46. The zero-order valence-corrected chi connectivity index (χ0v) is 21.0. The van der Waals surface area contributed by atoms with Gasteiger partial charge in [-0.05, 0) is 67.8 Å². The Bertz CT molecular complexity index is 1490. The van der Waals surface area contributed by atoms with Crippen LogP contribution >= 0.6 is 0 Å². The van der Waals surface area contributed by atoms with Crippen molar-refractivity contribution >= 4 is 23.2 Å². The van der Waals surface area contributed by atoms with Gasteiger partial charge in [0, 0.05) is 54.1 Å². The first-order valence-corrected chi connectivity index (χ1v) is 12.7. The molecule has 1 fully saturated rings. The Hall–Kier alpha value is -4.66. The molecular weight excluding hydrogens is 482 g/mol. The molecule has 4 aromatic rings. The van der Waals surface area contributed by atoms with E-state index in [2.05, 4.69) is 0 Å². The fourth-order valence-electron chi connectivity index (χ4n) is 5.21. The van der Waals surface area contributed by atoms with Crippen LogP contribution in [-0.4, -0.2) is 41.8 Å². The average Bonchev–Trinajstić information content (AvgIpc) is 3.35. The van der Waals surface area contributed by atoms with Crippen LogP contribution < -0.4 is 19.3 Å². The number of nitrogens with zero attached hydrogens (tertiary/aromatic N) is 5. The van der Waals surface area contributed by atoms with Gasteiger partial charge in [-0.2, -0.15) is 9.83 Å². The first kappa shape index (κ1) is 23.7. The van der Waals surface area contributed by atoms with Crippen LogP contribution in [0, 0.1) is 5.21 Å². The summed E-state index contributed by atoms with van der Waals surface area (Å²) < 4.78 is 7.70. The number of rotatable bonds is 5. The molecule has 6 rings (SSSR count). The molecule has 4 heterocycles. The molecular formula is C29H27N5O4. The highest BCUT2D eigenvalue weighted by Gasteiger charge is 2.34. The molecule has 9 nitrogen and oxygen atoms in total. The van der Waals surface area contributed by atoms with Crippen LogP contribution in [0.4, 0.5) is 11.4 Å². The maximum atomic E-state index is 14.0. The van der Waals surface area contributed by atoms with Gasteiger partial charge in [-0.15, -0.1) is 0 Å². The van der Waals surface area contributed by atoms with Gasteiger partial charge < -0.3 is 19.7 Å². The molecule has 0 saturated carbocycles. The first-order chi connectivity index (χ1) is 18.5. The molecule has 0 spiro atoms. The van der Waals surface area contributed by atoms with Crippen LogP contribution in [0.5, 0.6) is 5.75 Å². The summed E-state index contributed by atoms with van der Waals surface area (Å²) in [7, 11) is 1.61. The van der Waals surface area contributed by atoms with Gasteiger partial charge in [-0.3, -0.25) is 9.59 Å². The molecule has 2 aromatic heterocycles. The number of ether oxygens (including phenoxy) is 1. The lowest BCUT2D eigenvalue weighted by Crippen LogP contribution is -2.39. The third-order valence-electron chi connectivity index (χ3n) is 7.21. The lowest BCUT2D eigenvalue weighted by atomic mass is 9.99. The fourth-order valence-corrected chi connectivity index (χ4v) is 5.21. The Labute approximate surface area is 220 Å². The Balaban J connectivity index is 1.38. The number of fused-ring (bicyclic) bond motifs is 1. The van der Waals surface area contributed by atoms with Gasteiger partial charge in [0.05, 0.1) is 18.5 Å². The van der Waals surface area contributed by atoms with Crippen molar-refractivity contribution in [2.24, 2.45) is 0 Å². The van der Waals surface area contributed by atoms with Crippen LogP contribution in [-0.2, 0) is 11.2 Å². The second-order valence-corrected chi connectivity index (χ2v) is 9.46. The predicted molar refractivity (Wildman–Crippen MR) is 143 cm³/mol. The Morgan fingerprint density at radius 2 is 1.47 bits per heavy atom. The maximum absolute atomic E-state index is 14.0. The van der Waals surface area contributed by atoms with E-state index in [9.17, 15) is 14.8 Å². The van der Waals surface area contributed by atoms with E-state index in [1.807, 2.05) is 53.4 Å². The van der Waals surface area contributed by atoms with E-state index < -0.39 is 0 Å². The number of carbonyl (C=O) groups excluding carboxylic acids is 2. The van der Waals surface area contributed by atoms with Crippen molar-refractivity contribution in [2.45, 2.75) is 25.7 Å². The summed E-state index contributed by atoms with van der Waals surface area (Å²) in [6, 6.07) is 18.4. The van der Waals surface area contributed by atoms with E-state index >= 15 is 0 Å². The summed E-state index contributed by atoms with van der Waals surface area (Å²) in [6.07, 6.45) is 5.96. The van der Waals surface area contributed by atoms with Crippen LogP contribution in [0.1, 0.15) is 35.3 Å². The number of benzene rings is 2. The number of amides is 2. The SMILES string of the molecule is COc1ccc(-n2nc(-c3cc[n+]([O-])cc3)c3c2C(=O)N(c2ccc(N4CCCCC4=O)cc2)CC3)cc1. The highest BCUT2D eigenvalue weighted by Crippen LogP contribution is 2.34. The summed E-state index contributed by atoms with van der Waals surface area (Å²) in [6.45, 7) is 1.21. The highest BCUT2D eigenvalue weighted by atomic mass is 16.5. The third kappa shape index (κ3) is 4.15. The highest BCUT2D eigenvalue weighted by molar-refractivity contribution is 6.08. The quantitative estimate of drug-likeness (QED) is 0.300. The minimum Gasteiger partial charge on any atom is -0.619 e. The molecule has 0 N–H and O–H groups in total. The van der Waals surface area contributed by atoms with Gasteiger partial charge in [0.15, 0.2) is 12.4 Å². The molecule has 0 atom stereocenters. The van der Waals surface area contributed by atoms with Crippen LogP contribution in [0.25, 0.3) is 16.9 Å². The lowest BCUT2D eigenvalue weighted by Gasteiger charge is -2.30. The van der Waals surface area contributed by atoms with Crippen LogP contribution in [0.2, 0.25) is 0 Å². The van der Waals surface area contributed by atoms with Crippen molar-refractivity contribution in [3.05, 3.63) is 89.5 Å². The smallest absolute Gasteiger partial charge is 0.277 e. The molecule has 2 aliphatic heterocycles. The maximum Gasteiger partial charge on any atom is 0.277 e.